The number of thiazole rings is 1. The predicted octanol–water partition coefficient (Wildman–Crippen LogP) is 4.52. The van der Waals surface area contributed by atoms with Crippen LogP contribution in [0.25, 0.3) is 6.08 Å². The number of anilines is 1. The van der Waals surface area contributed by atoms with Crippen LogP contribution in [0.15, 0.2) is 71.0 Å². The first-order valence-electron chi connectivity index (χ1n) is 11.6. The van der Waals surface area contributed by atoms with Gasteiger partial charge in [0, 0.05) is 47.6 Å². The molecule has 34 heavy (non-hydrogen) atoms. The second kappa shape index (κ2) is 11.4. The summed E-state index contributed by atoms with van der Waals surface area (Å²) < 4.78 is 2.40. The average Bonchev–Trinajstić information content (AvgIpc) is 3.37. The van der Waals surface area contributed by atoms with Crippen LogP contribution in [-0.2, 0) is 5.41 Å². The molecule has 178 valence electrons. The fourth-order valence-corrected chi connectivity index (χ4v) is 5.10. The fourth-order valence-electron chi connectivity index (χ4n) is 4.46. The van der Waals surface area contributed by atoms with Crippen LogP contribution in [0.1, 0.15) is 45.1 Å². The lowest BCUT2D eigenvalue weighted by Gasteiger charge is -2.20. The second-order valence-corrected chi connectivity index (χ2v) is 9.58. The highest BCUT2D eigenvalue weighted by Gasteiger charge is 2.43. The standard InChI is InChI=1S/C27H32N5S.HI/c1-6-31(7-2)21-15-13-20(14-16-21)29-30-26-28-19-22(33-26)17-18-25-27(4,5)23-11-9-10-12-24(23)32(25)8-3;/h9-19H,6-8H2,1-5H3;1H/q+1;/p-1. The van der Waals surface area contributed by atoms with Gasteiger partial charge in [-0.25, -0.2) is 4.98 Å². The summed E-state index contributed by atoms with van der Waals surface area (Å²) in [5.74, 6) is 0. The minimum Gasteiger partial charge on any atom is -1.00 e. The van der Waals surface area contributed by atoms with Crippen molar-refractivity contribution in [3.8, 4) is 0 Å². The van der Waals surface area contributed by atoms with Crippen molar-refractivity contribution < 1.29 is 28.6 Å². The number of hydrogen-bond acceptors (Lipinski definition) is 5. The Kier molecular flexibility index (Phi) is 8.76. The maximum Gasteiger partial charge on any atom is 0.230 e. The molecule has 0 saturated heterocycles. The number of azo groups is 1. The van der Waals surface area contributed by atoms with Crippen LogP contribution >= 0.6 is 11.3 Å². The average molecular weight is 586 g/mol. The third-order valence-corrected chi connectivity index (χ3v) is 7.11. The van der Waals surface area contributed by atoms with Gasteiger partial charge >= 0.3 is 0 Å². The zero-order valence-electron chi connectivity index (χ0n) is 20.5. The molecule has 0 unspecified atom stereocenters. The highest BCUT2D eigenvalue weighted by molar-refractivity contribution is 7.16. The number of aromatic nitrogens is 1. The third-order valence-electron chi connectivity index (χ3n) is 6.26. The molecule has 1 aliphatic rings. The molecule has 0 amide bonds. The van der Waals surface area contributed by atoms with E-state index in [1.807, 2.05) is 18.3 Å². The van der Waals surface area contributed by atoms with Gasteiger partial charge < -0.3 is 28.9 Å². The molecule has 0 N–H and O–H groups in total. The smallest absolute Gasteiger partial charge is 0.230 e. The highest BCUT2D eigenvalue weighted by Crippen LogP contribution is 2.40. The van der Waals surface area contributed by atoms with E-state index in [1.54, 1.807) is 11.3 Å². The van der Waals surface area contributed by atoms with Crippen molar-refractivity contribution in [2.24, 2.45) is 10.2 Å². The summed E-state index contributed by atoms with van der Waals surface area (Å²) in [6.45, 7) is 14.0. The van der Waals surface area contributed by atoms with E-state index in [4.69, 9.17) is 0 Å². The van der Waals surface area contributed by atoms with Crippen molar-refractivity contribution in [2.75, 3.05) is 24.5 Å². The zero-order valence-corrected chi connectivity index (χ0v) is 23.5. The Morgan fingerprint density at radius 1 is 0.971 bits per heavy atom. The second-order valence-electron chi connectivity index (χ2n) is 8.54. The molecule has 0 saturated carbocycles. The summed E-state index contributed by atoms with van der Waals surface area (Å²) in [6.07, 6.45) is 6.23. The Morgan fingerprint density at radius 2 is 1.68 bits per heavy atom. The van der Waals surface area contributed by atoms with Crippen LogP contribution in [0.3, 0.4) is 0 Å². The maximum absolute atomic E-state index is 4.44. The monoisotopic (exact) mass is 585 g/mol. The van der Waals surface area contributed by atoms with Gasteiger partial charge in [-0.2, -0.15) is 4.58 Å². The number of halogens is 1. The number of nitrogens with zero attached hydrogens (tertiary/aromatic N) is 5. The molecule has 0 atom stereocenters. The van der Waals surface area contributed by atoms with Gasteiger partial charge in [-0.15, -0.1) is 10.2 Å². The van der Waals surface area contributed by atoms with Gasteiger partial charge in [0.15, 0.2) is 5.71 Å². The topological polar surface area (TPSA) is 43.9 Å². The quantitative estimate of drug-likeness (QED) is 0.222. The van der Waals surface area contributed by atoms with Crippen molar-refractivity contribution in [1.29, 1.82) is 0 Å². The number of para-hydroxylation sites is 1. The molecule has 1 aliphatic heterocycles. The van der Waals surface area contributed by atoms with E-state index in [-0.39, 0.29) is 29.4 Å². The molecular weight excluding hydrogens is 553 g/mol. The molecule has 0 spiro atoms. The minimum atomic E-state index is -0.0341. The molecule has 0 radical (unpaired) electrons. The molecule has 1 aromatic heterocycles. The molecular formula is C27H32IN5S. The molecule has 3 aromatic rings. The predicted molar refractivity (Wildman–Crippen MR) is 140 cm³/mol. The lowest BCUT2D eigenvalue weighted by molar-refractivity contribution is -0.433. The summed E-state index contributed by atoms with van der Waals surface area (Å²) in [7, 11) is 0. The molecule has 4 rings (SSSR count). The number of hydrogen-bond donors (Lipinski definition) is 0. The van der Waals surface area contributed by atoms with E-state index in [0.717, 1.165) is 30.2 Å². The molecule has 5 nitrogen and oxygen atoms in total. The number of benzene rings is 2. The molecule has 7 heteroatoms. The molecule has 0 bridgehead atoms. The highest BCUT2D eigenvalue weighted by atomic mass is 127. The lowest BCUT2D eigenvalue weighted by Crippen LogP contribution is -3.00. The lowest BCUT2D eigenvalue weighted by atomic mass is 9.81. The van der Waals surface area contributed by atoms with E-state index >= 15 is 0 Å². The van der Waals surface area contributed by atoms with E-state index in [0.29, 0.717) is 5.13 Å². The van der Waals surface area contributed by atoms with Crippen LogP contribution in [0.2, 0.25) is 0 Å². The Bertz CT molecular complexity index is 1200. The summed E-state index contributed by atoms with van der Waals surface area (Å²) in [5.41, 5.74) is 5.98. The van der Waals surface area contributed by atoms with E-state index in [1.165, 1.54) is 22.6 Å². The maximum atomic E-state index is 4.44. The Morgan fingerprint density at radius 3 is 2.35 bits per heavy atom. The van der Waals surface area contributed by atoms with Crippen molar-refractivity contribution >= 4 is 45.3 Å². The normalized spacial score (nSPS) is 14.6. The van der Waals surface area contributed by atoms with Crippen LogP contribution in [0, 0.1) is 0 Å². The summed E-state index contributed by atoms with van der Waals surface area (Å²) >= 11 is 1.55. The van der Waals surface area contributed by atoms with E-state index < -0.39 is 0 Å². The van der Waals surface area contributed by atoms with Crippen molar-refractivity contribution in [2.45, 2.75) is 40.0 Å². The SMILES string of the molecule is CCN(CC)c1ccc(N=Nc2ncc(/C=C/C3=[N+](CC)c4ccccc4C3(C)C)s2)cc1.[I-]. The van der Waals surface area contributed by atoms with Gasteiger partial charge in [-0.1, -0.05) is 29.5 Å². The summed E-state index contributed by atoms with van der Waals surface area (Å²) in [5, 5.41) is 9.38. The summed E-state index contributed by atoms with van der Waals surface area (Å²) in [4.78, 5) is 7.81. The summed E-state index contributed by atoms with van der Waals surface area (Å²) in [6, 6.07) is 16.9. The van der Waals surface area contributed by atoms with Crippen LogP contribution in [-0.4, -0.2) is 34.9 Å². The van der Waals surface area contributed by atoms with Gasteiger partial charge in [0.1, 0.15) is 6.54 Å². The Balaban J connectivity index is 0.00000324. The molecule has 0 aliphatic carbocycles. The number of rotatable bonds is 8. The molecule has 2 aromatic carbocycles. The van der Waals surface area contributed by atoms with Crippen molar-refractivity contribution in [3.05, 3.63) is 71.2 Å². The van der Waals surface area contributed by atoms with E-state index in [2.05, 4.69) is 108 Å². The fraction of sp³-hybridized carbons (Fsp3) is 0.333. The van der Waals surface area contributed by atoms with Gasteiger partial charge in [-0.05, 0) is 65.0 Å². The van der Waals surface area contributed by atoms with Crippen molar-refractivity contribution in [1.82, 2.24) is 4.98 Å². The molecule has 0 fully saturated rings. The number of allylic oxidation sites excluding steroid dienone is 1. The largest absolute Gasteiger partial charge is 1.00 e. The minimum absolute atomic E-state index is 0. The Hall–Kier alpha value is -2.39. The third kappa shape index (κ3) is 5.30. The van der Waals surface area contributed by atoms with Crippen LogP contribution in [0.4, 0.5) is 22.2 Å². The Labute approximate surface area is 224 Å². The van der Waals surface area contributed by atoms with Crippen LogP contribution < -0.4 is 28.9 Å². The first-order chi connectivity index (χ1) is 16.0. The van der Waals surface area contributed by atoms with Crippen LogP contribution in [0.5, 0.6) is 0 Å². The van der Waals surface area contributed by atoms with Crippen molar-refractivity contribution in [3.63, 3.8) is 0 Å². The van der Waals surface area contributed by atoms with E-state index in [9.17, 15) is 0 Å². The first-order valence-corrected chi connectivity index (χ1v) is 12.4. The molecule has 2 heterocycles. The number of fused-ring (bicyclic) bond motifs is 1. The van der Waals surface area contributed by atoms with Gasteiger partial charge in [-0.3, -0.25) is 0 Å². The zero-order chi connectivity index (χ0) is 23.4. The van der Waals surface area contributed by atoms with Gasteiger partial charge in [0.05, 0.1) is 11.1 Å². The van der Waals surface area contributed by atoms with Gasteiger partial charge in [0.25, 0.3) is 0 Å². The first kappa shape index (κ1) is 26.2. The van der Waals surface area contributed by atoms with Gasteiger partial charge in [0.2, 0.25) is 10.8 Å².